The topological polar surface area (TPSA) is 75.6 Å². The zero-order valence-electron chi connectivity index (χ0n) is 25.7. The van der Waals surface area contributed by atoms with Gasteiger partial charge in [-0.15, -0.1) is 0 Å². The van der Waals surface area contributed by atoms with E-state index in [0.717, 1.165) is 78.8 Å². The highest BCUT2D eigenvalue weighted by atomic mass is 16.7. The monoisotopic (exact) mass is 572 g/mol. The van der Waals surface area contributed by atoms with Crippen LogP contribution in [0.3, 0.4) is 0 Å². The van der Waals surface area contributed by atoms with Crippen LogP contribution in [0.5, 0.6) is 0 Å². The highest BCUT2D eigenvalue weighted by Gasteiger charge is 2.61. The Morgan fingerprint density at radius 1 is 0.780 bits per heavy atom. The Kier molecular flexibility index (Phi) is 12.9. The van der Waals surface area contributed by atoms with E-state index in [1.54, 1.807) is 0 Å². The molecule has 0 radical (unpaired) electrons. The molecule has 2 heterocycles. The van der Waals surface area contributed by atoms with Gasteiger partial charge in [0.1, 0.15) is 24.4 Å². The first-order valence-corrected chi connectivity index (χ1v) is 16.0. The third-order valence-electron chi connectivity index (χ3n) is 8.27. The van der Waals surface area contributed by atoms with E-state index in [1.807, 2.05) is 12.1 Å². The summed E-state index contributed by atoms with van der Waals surface area (Å²) < 4.78 is 39.9. The molecule has 7 heteroatoms. The summed E-state index contributed by atoms with van der Waals surface area (Å²) in [7, 11) is 0. The minimum absolute atomic E-state index is 0.0112. The molecule has 1 fully saturated rings. The largest absolute Gasteiger partial charge is 0.392 e. The first-order chi connectivity index (χ1) is 20.1. The van der Waals surface area contributed by atoms with Crippen LogP contribution in [0.15, 0.2) is 30.3 Å². The van der Waals surface area contributed by atoms with Crippen molar-refractivity contribution in [3.8, 4) is 0 Å². The second kappa shape index (κ2) is 16.3. The average molecular weight is 573 g/mol. The molecular formula is C34H52O7. The molecule has 2 aliphatic rings. The Bertz CT molecular complexity index is 1060. The van der Waals surface area contributed by atoms with Crippen molar-refractivity contribution in [2.75, 3.05) is 33.0 Å². The van der Waals surface area contributed by atoms with Crippen LogP contribution in [-0.4, -0.2) is 62.6 Å². The molecule has 1 spiro atoms. The second-order valence-electron chi connectivity index (χ2n) is 11.3. The molecule has 1 saturated heterocycles. The summed E-state index contributed by atoms with van der Waals surface area (Å²) in [6.45, 7) is 12.0. The summed E-state index contributed by atoms with van der Waals surface area (Å²) in [4.78, 5) is 0. The molecule has 0 saturated carbocycles. The van der Waals surface area contributed by atoms with Crippen LogP contribution in [0.25, 0.3) is 10.8 Å². The maximum Gasteiger partial charge on any atom is 0.225 e. The number of benzene rings is 2. The molecule has 2 aromatic rings. The van der Waals surface area contributed by atoms with Crippen LogP contribution in [0.2, 0.25) is 0 Å². The fourth-order valence-electron chi connectivity index (χ4n) is 5.90. The molecule has 0 unspecified atom stereocenters. The summed E-state index contributed by atoms with van der Waals surface area (Å²) in [5.41, 5.74) is 2.94. The van der Waals surface area contributed by atoms with Crippen LogP contribution in [0.4, 0.5) is 0 Å². The number of aliphatic hydroxyl groups excluding tert-OH is 1. The lowest BCUT2D eigenvalue weighted by atomic mass is 9.85. The van der Waals surface area contributed by atoms with Crippen molar-refractivity contribution in [2.24, 2.45) is 0 Å². The quantitative estimate of drug-likeness (QED) is 0.197. The maximum atomic E-state index is 9.98. The van der Waals surface area contributed by atoms with Crippen molar-refractivity contribution in [3.05, 3.63) is 47.0 Å². The molecule has 0 aliphatic carbocycles. The number of fused-ring (bicyclic) bond motifs is 4. The van der Waals surface area contributed by atoms with Crippen molar-refractivity contribution < 1.29 is 33.5 Å². The number of aliphatic hydroxyl groups is 1. The lowest BCUT2D eigenvalue weighted by molar-refractivity contribution is -0.384. The number of ether oxygens (including phenoxy) is 6. The minimum Gasteiger partial charge on any atom is -0.392 e. The van der Waals surface area contributed by atoms with Gasteiger partial charge in [0, 0.05) is 32.0 Å². The van der Waals surface area contributed by atoms with Gasteiger partial charge in [-0.05, 0) is 47.6 Å². The fourth-order valence-corrected chi connectivity index (χ4v) is 5.90. The van der Waals surface area contributed by atoms with Gasteiger partial charge in [-0.1, -0.05) is 83.7 Å². The third kappa shape index (κ3) is 7.32. The van der Waals surface area contributed by atoms with Crippen molar-refractivity contribution in [2.45, 2.75) is 122 Å². The zero-order chi connectivity index (χ0) is 29.1. The van der Waals surface area contributed by atoms with E-state index in [-0.39, 0.29) is 24.9 Å². The van der Waals surface area contributed by atoms with Crippen LogP contribution in [0.1, 0.15) is 95.8 Å². The number of hydrogen-bond acceptors (Lipinski definition) is 7. The van der Waals surface area contributed by atoms with Gasteiger partial charge < -0.3 is 33.5 Å². The summed E-state index contributed by atoms with van der Waals surface area (Å²) in [6.07, 6.45) is 6.42. The maximum absolute atomic E-state index is 9.98. The predicted molar refractivity (Wildman–Crippen MR) is 161 cm³/mol. The van der Waals surface area contributed by atoms with E-state index in [1.165, 1.54) is 0 Å². The van der Waals surface area contributed by atoms with Gasteiger partial charge >= 0.3 is 0 Å². The Morgan fingerprint density at radius 2 is 1.44 bits per heavy atom. The normalized spacial score (nSPS) is 25.8. The Labute approximate surface area is 246 Å². The lowest BCUT2D eigenvalue weighted by Crippen LogP contribution is -2.66. The highest BCUT2D eigenvalue weighted by molar-refractivity contribution is 5.90. The van der Waals surface area contributed by atoms with E-state index in [9.17, 15) is 5.11 Å². The smallest absolute Gasteiger partial charge is 0.225 e. The summed E-state index contributed by atoms with van der Waals surface area (Å²) in [5, 5.41) is 12.1. The van der Waals surface area contributed by atoms with E-state index < -0.39 is 11.9 Å². The SMILES string of the molecule is CCCCOC[C@H]1O[C@]2(OCc3c2ccc2c(CO)cccc32)[C@H](OCCCC)[C@@H](OCCCC)[C@@H]1OCCCC. The highest BCUT2D eigenvalue weighted by Crippen LogP contribution is 2.50. The molecule has 5 atom stereocenters. The molecule has 7 nitrogen and oxygen atoms in total. The van der Waals surface area contributed by atoms with Crippen LogP contribution in [0, 0.1) is 0 Å². The molecule has 230 valence electrons. The van der Waals surface area contributed by atoms with Gasteiger partial charge in [-0.2, -0.15) is 0 Å². The zero-order valence-corrected chi connectivity index (χ0v) is 25.7. The number of unbranched alkanes of at least 4 members (excludes halogenated alkanes) is 4. The van der Waals surface area contributed by atoms with E-state index in [4.69, 9.17) is 28.4 Å². The summed E-state index contributed by atoms with van der Waals surface area (Å²) >= 11 is 0. The molecule has 0 amide bonds. The van der Waals surface area contributed by atoms with Crippen LogP contribution < -0.4 is 0 Å². The predicted octanol–water partition coefficient (Wildman–Crippen LogP) is 6.79. The van der Waals surface area contributed by atoms with Crippen LogP contribution in [-0.2, 0) is 47.4 Å². The van der Waals surface area contributed by atoms with Crippen molar-refractivity contribution >= 4 is 10.8 Å². The van der Waals surface area contributed by atoms with Crippen molar-refractivity contribution in [1.82, 2.24) is 0 Å². The van der Waals surface area contributed by atoms with Gasteiger partial charge in [0.05, 0.1) is 19.8 Å². The molecule has 0 bridgehead atoms. The molecule has 0 aromatic heterocycles. The minimum atomic E-state index is -1.15. The number of rotatable bonds is 18. The van der Waals surface area contributed by atoms with Gasteiger partial charge in [0.25, 0.3) is 0 Å². The first-order valence-electron chi connectivity index (χ1n) is 16.0. The second-order valence-corrected chi connectivity index (χ2v) is 11.3. The van der Waals surface area contributed by atoms with Crippen molar-refractivity contribution in [1.29, 1.82) is 0 Å². The lowest BCUT2D eigenvalue weighted by Gasteiger charge is -2.51. The molecule has 41 heavy (non-hydrogen) atoms. The van der Waals surface area contributed by atoms with E-state index >= 15 is 0 Å². The fraction of sp³-hybridized carbons (Fsp3) is 0.706. The summed E-state index contributed by atoms with van der Waals surface area (Å²) in [6, 6.07) is 10.2. The summed E-state index contributed by atoms with van der Waals surface area (Å²) in [5.74, 6) is -1.15. The molecule has 2 aromatic carbocycles. The van der Waals surface area contributed by atoms with Crippen molar-refractivity contribution in [3.63, 3.8) is 0 Å². The molecule has 1 N–H and O–H groups in total. The standard InChI is InChI=1S/C34H52O7/c1-5-9-18-36-24-30-31(37-19-10-6-2)32(38-20-11-7-3)33(39-21-12-8-4)34(41-30)29-17-16-26-25(22-35)14-13-15-27(26)28(29)23-40-34/h13-17,30-33,35H,5-12,18-24H2,1-4H3/t30-,31-,32+,33-,34+/m1/s1. The average Bonchev–Trinajstić information content (AvgIpc) is 3.36. The third-order valence-corrected chi connectivity index (χ3v) is 8.27. The van der Waals surface area contributed by atoms with Gasteiger partial charge in [0.15, 0.2) is 0 Å². The Balaban J connectivity index is 1.79. The van der Waals surface area contributed by atoms with E-state index in [2.05, 4.69) is 45.9 Å². The van der Waals surface area contributed by atoms with Gasteiger partial charge in [-0.3, -0.25) is 0 Å². The first kappa shape index (κ1) is 32.3. The molecule has 4 rings (SSSR count). The Morgan fingerprint density at radius 3 is 2.12 bits per heavy atom. The van der Waals surface area contributed by atoms with Gasteiger partial charge in [-0.25, -0.2) is 0 Å². The van der Waals surface area contributed by atoms with Gasteiger partial charge in [0.2, 0.25) is 5.79 Å². The Hall–Kier alpha value is -1.58. The molecular weight excluding hydrogens is 520 g/mol. The van der Waals surface area contributed by atoms with E-state index in [0.29, 0.717) is 39.6 Å². The van der Waals surface area contributed by atoms with Crippen LogP contribution >= 0.6 is 0 Å². The molecule has 2 aliphatic heterocycles. The number of hydrogen-bond donors (Lipinski definition) is 1.